The maximum atomic E-state index is 13.7. The predicted octanol–water partition coefficient (Wildman–Crippen LogP) is 6.47. The topological polar surface area (TPSA) is 119 Å². The second-order valence-electron chi connectivity index (χ2n) is 12.0. The van der Waals surface area contributed by atoms with Gasteiger partial charge < -0.3 is 25.0 Å². The fourth-order valence-electron chi connectivity index (χ4n) is 5.35. The van der Waals surface area contributed by atoms with E-state index in [1.165, 1.54) is 48.5 Å². The van der Waals surface area contributed by atoms with E-state index >= 15 is 0 Å². The van der Waals surface area contributed by atoms with Gasteiger partial charge in [0.1, 0.15) is 10.1 Å². The van der Waals surface area contributed by atoms with Crippen LogP contribution in [0.25, 0.3) is 17.2 Å². The minimum absolute atomic E-state index is 0.0204. The Balaban J connectivity index is 1.41. The fraction of sp³-hybridized carbons (Fsp3) is 0.286. The number of nitrogens with one attached hydrogen (secondary N) is 1. The van der Waals surface area contributed by atoms with Gasteiger partial charge in [-0.3, -0.25) is 19.3 Å². The summed E-state index contributed by atoms with van der Waals surface area (Å²) in [7, 11) is 1.91. The largest absolute Gasteiger partial charge is 0.483 e. The van der Waals surface area contributed by atoms with E-state index in [0.29, 0.717) is 44.0 Å². The number of carbonyl (C=O) groups excluding carboxylic acids is 3. The number of alkyl halides is 6. The Morgan fingerprint density at radius 1 is 0.906 bits per heavy atom. The highest BCUT2D eigenvalue weighted by Gasteiger charge is 2.37. The van der Waals surface area contributed by atoms with Gasteiger partial charge in [0, 0.05) is 50.4 Å². The summed E-state index contributed by atoms with van der Waals surface area (Å²) < 4.78 is 87.9. The van der Waals surface area contributed by atoms with Crippen molar-refractivity contribution in [2.24, 2.45) is 0 Å². The van der Waals surface area contributed by atoms with Gasteiger partial charge in [-0.2, -0.15) is 26.3 Å². The molecule has 10 nitrogen and oxygen atoms in total. The Morgan fingerprint density at radius 3 is 2.11 bits per heavy atom. The SMILES string of the molecule is CN1CCN(C(=O)COc2ccc(-c3cc(C(F)(F)F)cc(C(F)(F)F)c3)cc2/C=C2\SC(=S)N(CCC(=O)Nc3ccc(C(=O)O)cc3)C2=O)CC1. The smallest absolute Gasteiger partial charge is 0.416 e. The maximum Gasteiger partial charge on any atom is 0.416 e. The number of hydrogen-bond donors (Lipinski definition) is 2. The zero-order valence-electron chi connectivity index (χ0n) is 27.7. The van der Waals surface area contributed by atoms with Crippen LogP contribution in [0.2, 0.25) is 0 Å². The summed E-state index contributed by atoms with van der Waals surface area (Å²) in [6.45, 7) is 1.63. The number of thiocarbonyl (C=S) groups is 1. The minimum Gasteiger partial charge on any atom is -0.483 e. The van der Waals surface area contributed by atoms with Crippen molar-refractivity contribution in [1.29, 1.82) is 0 Å². The van der Waals surface area contributed by atoms with Gasteiger partial charge in [0.2, 0.25) is 5.91 Å². The molecule has 2 N–H and O–H groups in total. The van der Waals surface area contributed by atoms with Crippen LogP contribution in [0.3, 0.4) is 0 Å². The number of thioether (sulfide) groups is 1. The van der Waals surface area contributed by atoms with Crippen LogP contribution in [0, 0.1) is 0 Å². The van der Waals surface area contributed by atoms with Gasteiger partial charge in [0.05, 0.1) is 21.6 Å². The molecule has 0 radical (unpaired) electrons. The first-order chi connectivity index (χ1) is 24.9. The molecule has 2 aliphatic rings. The van der Waals surface area contributed by atoms with Gasteiger partial charge in [-0.05, 0) is 78.8 Å². The summed E-state index contributed by atoms with van der Waals surface area (Å²) in [5, 5.41) is 11.6. The molecule has 280 valence electrons. The number of piperazine rings is 1. The van der Waals surface area contributed by atoms with Crippen molar-refractivity contribution in [3.8, 4) is 16.9 Å². The first-order valence-corrected chi connectivity index (χ1v) is 17.0. The number of halogens is 6. The van der Waals surface area contributed by atoms with Gasteiger partial charge in [-0.25, -0.2) is 4.79 Å². The standard InChI is InChI=1S/C35H30F6N4O6S2/c1-43-10-12-44(13-11-43)30(47)19-51-27-7-4-21(22-15-24(34(36,37)38)18-25(16-22)35(39,40)41)14-23(27)17-28-31(48)45(33(52)53-28)9-8-29(46)42-26-5-2-20(3-6-26)32(49)50/h2-7,14-18H,8-13,19H2,1H3,(H,42,46)(H,49,50)/b28-17-. The normalized spacial score (nSPS) is 16.3. The minimum atomic E-state index is -5.08. The zero-order chi connectivity index (χ0) is 38.7. The van der Waals surface area contributed by atoms with Crippen molar-refractivity contribution in [3.63, 3.8) is 0 Å². The molecule has 2 aliphatic heterocycles. The number of anilines is 1. The summed E-state index contributed by atoms with van der Waals surface area (Å²) in [6.07, 6.45) is -9.06. The third kappa shape index (κ3) is 9.94. The van der Waals surface area contributed by atoms with E-state index in [0.717, 1.165) is 16.7 Å². The van der Waals surface area contributed by atoms with E-state index in [1.807, 2.05) is 11.9 Å². The monoisotopic (exact) mass is 780 g/mol. The first-order valence-electron chi connectivity index (χ1n) is 15.8. The van der Waals surface area contributed by atoms with Crippen molar-refractivity contribution < 1.29 is 55.4 Å². The molecule has 2 heterocycles. The second kappa shape index (κ2) is 16.0. The molecule has 3 aromatic rings. The quantitative estimate of drug-likeness (QED) is 0.136. The number of carbonyl (C=O) groups is 4. The van der Waals surface area contributed by atoms with Crippen LogP contribution < -0.4 is 10.1 Å². The molecule has 0 unspecified atom stereocenters. The van der Waals surface area contributed by atoms with Crippen molar-refractivity contribution in [1.82, 2.24) is 14.7 Å². The molecule has 5 rings (SSSR count). The third-order valence-corrected chi connectivity index (χ3v) is 9.65. The average Bonchev–Trinajstić information content (AvgIpc) is 3.36. The van der Waals surface area contributed by atoms with Crippen LogP contribution in [0.5, 0.6) is 5.75 Å². The van der Waals surface area contributed by atoms with E-state index in [4.69, 9.17) is 22.1 Å². The highest BCUT2D eigenvalue weighted by atomic mass is 32.2. The van der Waals surface area contributed by atoms with Crippen LogP contribution in [0.15, 0.2) is 65.6 Å². The molecule has 0 aliphatic carbocycles. The van der Waals surface area contributed by atoms with Gasteiger partial charge in [0.25, 0.3) is 11.8 Å². The molecule has 53 heavy (non-hydrogen) atoms. The van der Waals surface area contributed by atoms with Gasteiger partial charge in [-0.15, -0.1) is 0 Å². The van der Waals surface area contributed by atoms with Crippen molar-refractivity contribution in [2.75, 3.05) is 51.7 Å². The van der Waals surface area contributed by atoms with Crippen LogP contribution >= 0.6 is 24.0 Å². The van der Waals surface area contributed by atoms with Crippen LogP contribution in [-0.2, 0) is 26.7 Å². The van der Waals surface area contributed by atoms with Crippen LogP contribution in [-0.4, -0.2) is 94.2 Å². The summed E-state index contributed by atoms with van der Waals surface area (Å²) >= 11 is 6.23. The lowest BCUT2D eigenvalue weighted by molar-refractivity contribution is -0.143. The van der Waals surface area contributed by atoms with E-state index < -0.39 is 53.4 Å². The number of hydrogen-bond acceptors (Lipinski definition) is 8. The van der Waals surface area contributed by atoms with Crippen molar-refractivity contribution in [3.05, 3.63) is 87.8 Å². The Bertz CT molecular complexity index is 1930. The number of aromatic carboxylic acids is 1. The molecule has 2 saturated heterocycles. The number of benzene rings is 3. The molecule has 2 fully saturated rings. The first kappa shape index (κ1) is 39.3. The maximum absolute atomic E-state index is 13.7. The number of amides is 3. The van der Waals surface area contributed by atoms with Crippen molar-refractivity contribution in [2.45, 2.75) is 18.8 Å². The van der Waals surface area contributed by atoms with E-state index in [2.05, 4.69) is 5.32 Å². The molecule has 0 aromatic heterocycles. The van der Waals surface area contributed by atoms with Gasteiger partial charge >= 0.3 is 18.3 Å². The third-order valence-electron chi connectivity index (χ3n) is 8.28. The number of likely N-dealkylation sites (N-methyl/N-ethyl adjacent to an activating group) is 1. The summed E-state index contributed by atoms with van der Waals surface area (Å²) in [4.78, 5) is 54.9. The van der Waals surface area contributed by atoms with Gasteiger partial charge in [0.15, 0.2) is 6.61 Å². The fourth-order valence-corrected chi connectivity index (χ4v) is 6.65. The highest BCUT2D eigenvalue weighted by Crippen LogP contribution is 2.40. The molecule has 18 heteroatoms. The molecule has 0 spiro atoms. The van der Waals surface area contributed by atoms with Crippen molar-refractivity contribution >= 4 is 63.8 Å². The Labute approximate surface area is 308 Å². The average molecular weight is 781 g/mol. The lowest BCUT2D eigenvalue weighted by atomic mass is 9.97. The second-order valence-corrected chi connectivity index (χ2v) is 13.7. The number of nitrogens with zero attached hydrogens (tertiary/aromatic N) is 3. The number of carboxylic acids is 1. The molecule has 3 amide bonds. The van der Waals surface area contributed by atoms with E-state index in [-0.39, 0.29) is 56.6 Å². The molecule has 0 bridgehead atoms. The summed E-state index contributed by atoms with van der Waals surface area (Å²) in [5.41, 5.74) is -3.07. The Hall–Kier alpha value is -4.94. The number of carboxylic acid groups (broad SMARTS) is 1. The number of rotatable bonds is 10. The molecular weight excluding hydrogens is 751 g/mol. The molecular formula is C35H30F6N4O6S2. The van der Waals surface area contributed by atoms with Crippen LogP contribution in [0.4, 0.5) is 32.0 Å². The van der Waals surface area contributed by atoms with E-state index in [1.54, 1.807) is 4.90 Å². The van der Waals surface area contributed by atoms with Crippen LogP contribution in [0.1, 0.15) is 33.5 Å². The predicted molar refractivity (Wildman–Crippen MR) is 188 cm³/mol. The summed E-state index contributed by atoms with van der Waals surface area (Å²) in [5.74, 6) is -2.58. The Morgan fingerprint density at radius 2 is 1.53 bits per heavy atom. The lowest BCUT2D eigenvalue weighted by Crippen LogP contribution is -2.48. The zero-order valence-corrected chi connectivity index (χ0v) is 29.3. The highest BCUT2D eigenvalue weighted by molar-refractivity contribution is 8.26. The molecule has 0 saturated carbocycles. The summed E-state index contributed by atoms with van der Waals surface area (Å²) in [6, 6.07) is 10.4. The lowest BCUT2D eigenvalue weighted by Gasteiger charge is -2.32. The van der Waals surface area contributed by atoms with E-state index in [9.17, 15) is 45.5 Å². The number of ether oxygens (including phenoxy) is 1. The Kier molecular flexibility index (Phi) is 11.8. The molecule has 0 atom stereocenters. The van der Waals surface area contributed by atoms with Gasteiger partial charge in [-0.1, -0.05) is 30.0 Å². The molecule has 3 aromatic carbocycles.